The summed E-state index contributed by atoms with van der Waals surface area (Å²) in [6.07, 6.45) is 0. The van der Waals surface area contributed by atoms with E-state index in [1.54, 1.807) is 24.3 Å². The van der Waals surface area contributed by atoms with E-state index in [0.29, 0.717) is 17.9 Å². The lowest BCUT2D eigenvalue weighted by Crippen LogP contribution is -1.93. The molecule has 4 nitrogen and oxygen atoms in total. The van der Waals surface area contributed by atoms with Crippen LogP contribution in [0.5, 0.6) is 5.75 Å². The van der Waals surface area contributed by atoms with Crippen molar-refractivity contribution in [2.24, 2.45) is 0 Å². The van der Waals surface area contributed by atoms with Crippen LogP contribution in [0.2, 0.25) is 0 Å². The van der Waals surface area contributed by atoms with E-state index in [2.05, 4.69) is 0 Å². The van der Waals surface area contributed by atoms with Crippen LogP contribution in [0, 0.1) is 15.9 Å². The van der Waals surface area contributed by atoms with Crippen molar-refractivity contribution in [3.05, 3.63) is 58.4 Å². The minimum absolute atomic E-state index is 0.134. The first-order valence-corrected chi connectivity index (χ1v) is 5.79. The van der Waals surface area contributed by atoms with Crippen molar-refractivity contribution >= 4 is 5.69 Å². The van der Waals surface area contributed by atoms with Gasteiger partial charge in [-0.2, -0.15) is 0 Å². The van der Waals surface area contributed by atoms with Gasteiger partial charge in [-0.05, 0) is 30.7 Å². The van der Waals surface area contributed by atoms with E-state index in [4.69, 9.17) is 4.74 Å². The van der Waals surface area contributed by atoms with Crippen LogP contribution in [-0.2, 0) is 0 Å². The Morgan fingerprint density at radius 1 is 1.21 bits per heavy atom. The average Bonchev–Trinajstić information content (AvgIpc) is 2.40. The van der Waals surface area contributed by atoms with Crippen LogP contribution in [0.1, 0.15) is 6.92 Å². The minimum atomic E-state index is -0.544. The molecule has 0 fully saturated rings. The molecule has 0 unspecified atom stereocenters. The molecule has 98 valence electrons. The summed E-state index contributed by atoms with van der Waals surface area (Å²) in [4.78, 5) is 10.2. The second kappa shape index (κ2) is 5.48. The van der Waals surface area contributed by atoms with Gasteiger partial charge in [0.05, 0.1) is 11.5 Å². The highest BCUT2D eigenvalue weighted by Gasteiger charge is 2.12. The Bertz CT molecular complexity index is 596. The monoisotopic (exact) mass is 261 g/mol. The summed E-state index contributed by atoms with van der Waals surface area (Å²) < 4.78 is 19.0. The van der Waals surface area contributed by atoms with Crippen molar-refractivity contribution in [2.75, 3.05) is 6.61 Å². The van der Waals surface area contributed by atoms with E-state index >= 15 is 0 Å². The largest absolute Gasteiger partial charge is 0.494 e. The molecule has 0 amide bonds. The lowest BCUT2D eigenvalue weighted by molar-refractivity contribution is -0.384. The van der Waals surface area contributed by atoms with Gasteiger partial charge in [-0.3, -0.25) is 10.1 Å². The van der Waals surface area contributed by atoms with Gasteiger partial charge in [0, 0.05) is 17.7 Å². The van der Waals surface area contributed by atoms with Crippen LogP contribution >= 0.6 is 0 Å². The topological polar surface area (TPSA) is 52.4 Å². The van der Waals surface area contributed by atoms with E-state index < -0.39 is 10.7 Å². The molecule has 2 rings (SSSR count). The summed E-state index contributed by atoms with van der Waals surface area (Å²) in [6, 6.07) is 10.2. The number of rotatable bonds is 4. The van der Waals surface area contributed by atoms with Gasteiger partial charge in [-0.1, -0.05) is 12.1 Å². The van der Waals surface area contributed by atoms with E-state index in [-0.39, 0.29) is 11.3 Å². The molecule has 0 bridgehead atoms. The minimum Gasteiger partial charge on any atom is -0.494 e. The number of hydrogen-bond acceptors (Lipinski definition) is 3. The third kappa shape index (κ3) is 2.88. The first-order chi connectivity index (χ1) is 9.11. The predicted octanol–water partition coefficient (Wildman–Crippen LogP) is 3.80. The maximum Gasteiger partial charge on any atom is 0.270 e. The summed E-state index contributed by atoms with van der Waals surface area (Å²) in [6.45, 7) is 2.42. The van der Waals surface area contributed by atoms with Gasteiger partial charge in [0.25, 0.3) is 5.69 Å². The Morgan fingerprint density at radius 2 is 1.89 bits per heavy atom. The average molecular weight is 261 g/mol. The molecular formula is C14H12FNO3. The quantitative estimate of drug-likeness (QED) is 0.621. The molecule has 5 heteroatoms. The van der Waals surface area contributed by atoms with E-state index in [1.165, 1.54) is 6.07 Å². The number of benzene rings is 2. The van der Waals surface area contributed by atoms with Crippen molar-refractivity contribution in [3.8, 4) is 16.9 Å². The molecule has 0 N–H and O–H groups in total. The summed E-state index contributed by atoms with van der Waals surface area (Å²) in [5.41, 5.74) is 0.646. The first-order valence-electron chi connectivity index (χ1n) is 5.79. The van der Waals surface area contributed by atoms with Crippen LogP contribution < -0.4 is 4.74 Å². The standard InChI is InChI=1S/C14H12FNO3/c1-2-19-12-6-3-10(4-7-12)13-9-11(16(17)18)5-8-14(13)15/h3-9H,2H2,1H3. The van der Waals surface area contributed by atoms with Crippen LogP contribution in [-0.4, -0.2) is 11.5 Å². The first kappa shape index (κ1) is 13.0. The van der Waals surface area contributed by atoms with E-state index in [1.807, 2.05) is 6.92 Å². The third-order valence-electron chi connectivity index (χ3n) is 2.64. The van der Waals surface area contributed by atoms with Gasteiger partial charge < -0.3 is 4.74 Å². The van der Waals surface area contributed by atoms with Crippen LogP contribution in [0.15, 0.2) is 42.5 Å². The Kier molecular flexibility index (Phi) is 3.75. The summed E-state index contributed by atoms with van der Waals surface area (Å²) in [5, 5.41) is 10.7. The van der Waals surface area contributed by atoms with Crippen LogP contribution in [0.4, 0.5) is 10.1 Å². The lowest BCUT2D eigenvalue weighted by atomic mass is 10.0. The molecule has 0 radical (unpaired) electrons. The smallest absolute Gasteiger partial charge is 0.270 e. The molecule has 0 atom stereocenters. The normalized spacial score (nSPS) is 10.2. The highest BCUT2D eigenvalue weighted by Crippen LogP contribution is 2.28. The third-order valence-corrected chi connectivity index (χ3v) is 2.64. The fourth-order valence-corrected chi connectivity index (χ4v) is 1.75. The van der Waals surface area contributed by atoms with Crippen molar-refractivity contribution in [3.63, 3.8) is 0 Å². The Morgan fingerprint density at radius 3 is 2.47 bits per heavy atom. The lowest BCUT2D eigenvalue weighted by Gasteiger charge is -2.06. The second-order valence-corrected chi connectivity index (χ2v) is 3.88. The van der Waals surface area contributed by atoms with Crippen LogP contribution in [0.25, 0.3) is 11.1 Å². The van der Waals surface area contributed by atoms with Gasteiger partial charge in [0.2, 0.25) is 0 Å². The number of halogens is 1. The number of nitro benzene ring substituents is 1. The number of non-ortho nitro benzene ring substituents is 1. The summed E-state index contributed by atoms with van der Waals surface area (Å²) in [5.74, 6) is 0.187. The van der Waals surface area contributed by atoms with Crippen LogP contribution in [0.3, 0.4) is 0 Å². The fourth-order valence-electron chi connectivity index (χ4n) is 1.75. The van der Waals surface area contributed by atoms with E-state index in [9.17, 15) is 14.5 Å². The van der Waals surface area contributed by atoms with Gasteiger partial charge in [0.15, 0.2) is 0 Å². The summed E-state index contributed by atoms with van der Waals surface area (Å²) in [7, 11) is 0. The molecule has 0 aliphatic heterocycles. The highest BCUT2D eigenvalue weighted by molar-refractivity contribution is 5.67. The van der Waals surface area contributed by atoms with Crippen molar-refractivity contribution in [1.82, 2.24) is 0 Å². The Hall–Kier alpha value is -2.43. The van der Waals surface area contributed by atoms with Gasteiger partial charge in [0.1, 0.15) is 11.6 Å². The van der Waals surface area contributed by atoms with Crippen molar-refractivity contribution < 1.29 is 14.1 Å². The van der Waals surface area contributed by atoms with E-state index in [0.717, 1.165) is 12.1 Å². The zero-order valence-electron chi connectivity index (χ0n) is 10.3. The Balaban J connectivity index is 2.40. The van der Waals surface area contributed by atoms with Crippen molar-refractivity contribution in [1.29, 1.82) is 0 Å². The molecule has 0 aliphatic carbocycles. The number of ether oxygens (including phenoxy) is 1. The molecular weight excluding hydrogens is 249 g/mol. The number of nitro groups is 1. The molecule has 0 aliphatic rings. The zero-order valence-corrected chi connectivity index (χ0v) is 10.3. The maximum absolute atomic E-state index is 13.7. The molecule has 0 heterocycles. The number of hydrogen-bond donors (Lipinski definition) is 0. The van der Waals surface area contributed by atoms with Crippen molar-refractivity contribution in [2.45, 2.75) is 6.92 Å². The second-order valence-electron chi connectivity index (χ2n) is 3.88. The molecule has 0 aromatic heterocycles. The molecule has 0 spiro atoms. The fraction of sp³-hybridized carbons (Fsp3) is 0.143. The predicted molar refractivity (Wildman–Crippen MR) is 69.7 cm³/mol. The highest BCUT2D eigenvalue weighted by atomic mass is 19.1. The molecule has 19 heavy (non-hydrogen) atoms. The van der Waals surface area contributed by atoms with Gasteiger partial charge in [-0.15, -0.1) is 0 Å². The SMILES string of the molecule is CCOc1ccc(-c2cc([N+](=O)[O-])ccc2F)cc1. The van der Waals surface area contributed by atoms with Gasteiger partial charge in [-0.25, -0.2) is 4.39 Å². The Labute approximate surface area is 109 Å². The molecule has 2 aromatic carbocycles. The zero-order chi connectivity index (χ0) is 13.8. The number of nitrogens with zero attached hydrogens (tertiary/aromatic N) is 1. The maximum atomic E-state index is 13.7. The van der Waals surface area contributed by atoms with Gasteiger partial charge >= 0.3 is 0 Å². The molecule has 0 saturated heterocycles. The summed E-state index contributed by atoms with van der Waals surface area (Å²) >= 11 is 0. The molecule has 2 aromatic rings. The molecule has 0 saturated carbocycles.